The standard InChI is InChI=1S/C19H15ClFN3O3/c1-10-5-11(2)7-12(6-10)23-17(25)14-9-22-19(27)24(18(14)26)13-3-4-16(21)15(20)8-13/h3-9H,1-2H3,(H,22,27)(H,23,25). The van der Waals surface area contributed by atoms with Gasteiger partial charge in [0.1, 0.15) is 11.4 Å². The van der Waals surface area contributed by atoms with E-state index >= 15 is 0 Å². The number of hydrogen-bond acceptors (Lipinski definition) is 3. The van der Waals surface area contributed by atoms with Crippen molar-refractivity contribution in [2.75, 3.05) is 5.32 Å². The summed E-state index contributed by atoms with van der Waals surface area (Å²) < 4.78 is 14.1. The number of halogens is 2. The average molecular weight is 388 g/mol. The van der Waals surface area contributed by atoms with E-state index in [0.717, 1.165) is 34.0 Å². The van der Waals surface area contributed by atoms with Gasteiger partial charge in [0, 0.05) is 11.9 Å². The minimum Gasteiger partial charge on any atom is -0.322 e. The Labute approximate surface area is 158 Å². The van der Waals surface area contributed by atoms with Gasteiger partial charge in [-0.1, -0.05) is 17.7 Å². The summed E-state index contributed by atoms with van der Waals surface area (Å²) in [6, 6.07) is 8.86. The molecular formula is C19H15ClFN3O3. The summed E-state index contributed by atoms with van der Waals surface area (Å²) in [5.74, 6) is -1.36. The highest BCUT2D eigenvalue weighted by Gasteiger charge is 2.17. The van der Waals surface area contributed by atoms with Crippen LogP contribution in [0.15, 0.2) is 52.2 Å². The van der Waals surface area contributed by atoms with Crippen molar-refractivity contribution in [2.24, 2.45) is 0 Å². The molecule has 27 heavy (non-hydrogen) atoms. The fraction of sp³-hybridized carbons (Fsp3) is 0.105. The number of carbonyl (C=O) groups excluding carboxylic acids is 1. The van der Waals surface area contributed by atoms with E-state index in [4.69, 9.17) is 11.6 Å². The zero-order chi connectivity index (χ0) is 19.7. The number of aryl methyl sites for hydroxylation is 2. The Morgan fingerprint density at radius 2 is 1.78 bits per heavy atom. The molecule has 138 valence electrons. The van der Waals surface area contributed by atoms with Gasteiger partial charge in [-0.2, -0.15) is 0 Å². The molecule has 0 radical (unpaired) electrons. The number of H-pyrrole nitrogens is 1. The van der Waals surface area contributed by atoms with E-state index in [9.17, 15) is 18.8 Å². The second-order valence-electron chi connectivity index (χ2n) is 6.08. The van der Waals surface area contributed by atoms with Crippen LogP contribution in [0.1, 0.15) is 21.5 Å². The summed E-state index contributed by atoms with van der Waals surface area (Å²) in [7, 11) is 0. The van der Waals surface area contributed by atoms with E-state index in [1.807, 2.05) is 19.9 Å². The summed E-state index contributed by atoms with van der Waals surface area (Å²) >= 11 is 5.73. The molecular weight excluding hydrogens is 373 g/mol. The van der Waals surface area contributed by atoms with Crippen LogP contribution in [0.25, 0.3) is 5.69 Å². The SMILES string of the molecule is Cc1cc(C)cc(NC(=O)c2c[nH]c(=O)n(-c3ccc(F)c(Cl)c3)c2=O)c1. The maximum Gasteiger partial charge on any atom is 0.333 e. The molecule has 1 aromatic heterocycles. The van der Waals surface area contributed by atoms with Crippen molar-refractivity contribution >= 4 is 23.2 Å². The molecule has 3 rings (SSSR count). The monoisotopic (exact) mass is 387 g/mol. The van der Waals surface area contributed by atoms with Crippen LogP contribution in [0, 0.1) is 19.7 Å². The third-order valence-electron chi connectivity index (χ3n) is 3.86. The summed E-state index contributed by atoms with van der Waals surface area (Å²) in [6.07, 6.45) is 1.05. The van der Waals surface area contributed by atoms with Crippen LogP contribution >= 0.6 is 11.6 Å². The van der Waals surface area contributed by atoms with Crippen LogP contribution < -0.4 is 16.6 Å². The molecule has 0 unspecified atom stereocenters. The van der Waals surface area contributed by atoms with Crippen LogP contribution in [0.4, 0.5) is 10.1 Å². The lowest BCUT2D eigenvalue weighted by molar-refractivity contribution is 0.102. The van der Waals surface area contributed by atoms with Gasteiger partial charge < -0.3 is 10.3 Å². The summed E-state index contributed by atoms with van der Waals surface area (Å²) in [4.78, 5) is 39.7. The van der Waals surface area contributed by atoms with E-state index in [1.165, 1.54) is 6.07 Å². The fourth-order valence-electron chi connectivity index (χ4n) is 2.74. The Kier molecular flexibility index (Phi) is 4.96. The molecule has 0 aliphatic heterocycles. The second kappa shape index (κ2) is 7.20. The van der Waals surface area contributed by atoms with Gasteiger partial charge in [0.2, 0.25) is 0 Å². The van der Waals surface area contributed by atoms with Crippen molar-refractivity contribution in [3.05, 3.63) is 91.0 Å². The third kappa shape index (κ3) is 3.83. The zero-order valence-electron chi connectivity index (χ0n) is 14.5. The number of benzene rings is 2. The highest BCUT2D eigenvalue weighted by Crippen LogP contribution is 2.17. The second-order valence-corrected chi connectivity index (χ2v) is 6.48. The first-order chi connectivity index (χ1) is 12.8. The molecule has 0 bridgehead atoms. The Hall–Kier alpha value is -3.19. The molecule has 1 heterocycles. The van der Waals surface area contributed by atoms with Gasteiger partial charge in [0.25, 0.3) is 11.5 Å². The molecule has 8 heteroatoms. The minimum atomic E-state index is -0.844. The van der Waals surface area contributed by atoms with Crippen molar-refractivity contribution in [3.63, 3.8) is 0 Å². The van der Waals surface area contributed by atoms with Gasteiger partial charge in [0.05, 0.1) is 10.7 Å². The largest absolute Gasteiger partial charge is 0.333 e. The number of nitrogens with zero attached hydrogens (tertiary/aromatic N) is 1. The molecule has 6 nitrogen and oxygen atoms in total. The highest BCUT2D eigenvalue weighted by atomic mass is 35.5. The predicted octanol–water partition coefficient (Wildman–Crippen LogP) is 3.19. The molecule has 0 fully saturated rings. The predicted molar refractivity (Wildman–Crippen MR) is 101 cm³/mol. The maximum atomic E-state index is 13.4. The smallest absolute Gasteiger partial charge is 0.322 e. The summed E-state index contributed by atoms with van der Waals surface area (Å²) in [6.45, 7) is 3.77. The molecule has 0 saturated heterocycles. The number of hydrogen-bond donors (Lipinski definition) is 2. The minimum absolute atomic E-state index is 0.0497. The van der Waals surface area contributed by atoms with Crippen molar-refractivity contribution < 1.29 is 9.18 Å². The first-order valence-electron chi connectivity index (χ1n) is 7.96. The number of aromatic nitrogens is 2. The van der Waals surface area contributed by atoms with E-state index in [2.05, 4.69) is 10.3 Å². The topological polar surface area (TPSA) is 84.0 Å². The number of anilines is 1. The van der Waals surface area contributed by atoms with Crippen LogP contribution in [-0.2, 0) is 0 Å². The Morgan fingerprint density at radius 1 is 1.11 bits per heavy atom. The molecule has 0 aliphatic carbocycles. The average Bonchev–Trinajstić information content (AvgIpc) is 2.57. The van der Waals surface area contributed by atoms with Crippen LogP contribution in [0.2, 0.25) is 5.02 Å². The number of rotatable bonds is 3. The Bertz CT molecular complexity index is 1150. The van der Waals surface area contributed by atoms with Gasteiger partial charge >= 0.3 is 5.69 Å². The Morgan fingerprint density at radius 3 is 2.41 bits per heavy atom. The molecule has 0 saturated carbocycles. The van der Waals surface area contributed by atoms with Gasteiger partial charge in [-0.3, -0.25) is 9.59 Å². The van der Waals surface area contributed by atoms with Crippen molar-refractivity contribution in [3.8, 4) is 5.69 Å². The van der Waals surface area contributed by atoms with E-state index in [0.29, 0.717) is 5.69 Å². The first-order valence-corrected chi connectivity index (χ1v) is 8.34. The zero-order valence-corrected chi connectivity index (χ0v) is 15.2. The Balaban J connectivity index is 2.04. The van der Waals surface area contributed by atoms with Gasteiger partial charge in [-0.15, -0.1) is 0 Å². The third-order valence-corrected chi connectivity index (χ3v) is 4.15. The molecule has 0 atom stereocenters. The lowest BCUT2D eigenvalue weighted by atomic mass is 10.1. The molecule has 2 N–H and O–H groups in total. The molecule has 0 aliphatic rings. The van der Waals surface area contributed by atoms with E-state index in [1.54, 1.807) is 12.1 Å². The quantitative estimate of drug-likeness (QED) is 0.724. The molecule has 1 amide bonds. The summed E-state index contributed by atoms with van der Waals surface area (Å²) in [5.41, 5.74) is 0.589. The van der Waals surface area contributed by atoms with E-state index in [-0.39, 0.29) is 16.3 Å². The first kappa shape index (κ1) is 18.6. The number of amides is 1. The number of nitrogens with one attached hydrogen (secondary N) is 2. The lowest BCUT2D eigenvalue weighted by Gasteiger charge is -2.09. The molecule has 0 spiro atoms. The van der Waals surface area contributed by atoms with Gasteiger partial charge in [0.15, 0.2) is 0 Å². The van der Waals surface area contributed by atoms with Crippen LogP contribution in [0.3, 0.4) is 0 Å². The van der Waals surface area contributed by atoms with Crippen molar-refractivity contribution in [1.29, 1.82) is 0 Å². The normalized spacial score (nSPS) is 10.7. The van der Waals surface area contributed by atoms with Gasteiger partial charge in [-0.05, 0) is 55.3 Å². The number of aromatic amines is 1. The number of carbonyl (C=O) groups is 1. The molecule has 2 aromatic carbocycles. The molecule has 3 aromatic rings. The fourth-order valence-corrected chi connectivity index (χ4v) is 2.91. The lowest BCUT2D eigenvalue weighted by Crippen LogP contribution is -2.38. The summed E-state index contributed by atoms with van der Waals surface area (Å²) in [5, 5.41) is 2.39. The van der Waals surface area contributed by atoms with Crippen molar-refractivity contribution in [1.82, 2.24) is 9.55 Å². The van der Waals surface area contributed by atoms with Crippen LogP contribution in [0.5, 0.6) is 0 Å². The van der Waals surface area contributed by atoms with Crippen LogP contribution in [-0.4, -0.2) is 15.5 Å². The van der Waals surface area contributed by atoms with Crippen molar-refractivity contribution in [2.45, 2.75) is 13.8 Å². The maximum absolute atomic E-state index is 13.4. The van der Waals surface area contributed by atoms with Gasteiger partial charge in [-0.25, -0.2) is 13.8 Å². The van der Waals surface area contributed by atoms with E-state index < -0.39 is 23.0 Å². The highest BCUT2D eigenvalue weighted by molar-refractivity contribution is 6.30.